The van der Waals surface area contributed by atoms with E-state index in [1.807, 2.05) is 0 Å². The Morgan fingerprint density at radius 3 is 2.15 bits per heavy atom. The van der Waals surface area contributed by atoms with Gasteiger partial charge in [0.2, 0.25) is 0 Å². The van der Waals surface area contributed by atoms with E-state index in [1.54, 1.807) is 23.1 Å². The number of morpholine rings is 1. The third-order valence-electron chi connectivity index (χ3n) is 4.93. The molecule has 9 nitrogen and oxygen atoms in total. The van der Waals surface area contributed by atoms with Crippen LogP contribution in [0.25, 0.3) is 12.2 Å². The van der Waals surface area contributed by atoms with Crippen LogP contribution in [0, 0.1) is 0 Å². The van der Waals surface area contributed by atoms with Crippen molar-refractivity contribution in [2.45, 2.75) is 6.42 Å². The Balaban J connectivity index is 1.56. The van der Waals surface area contributed by atoms with Crippen molar-refractivity contribution in [1.29, 1.82) is 0 Å². The Morgan fingerprint density at radius 1 is 0.912 bits per heavy atom. The summed E-state index contributed by atoms with van der Waals surface area (Å²) in [5, 5.41) is 18.8. The molecule has 1 aliphatic rings. The van der Waals surface area contributed by atoms with Crippen LogP contribution in [0.5, 0.6) is 23.0 Å². The first-order chi connectivity index (χ1) is 16.4. The number of ether oxygens (including phenoxy) is 3. The van der Waals surface area contributed by atoms with Gasteiger partial charge in [-0.25, -0.2) is 4.79 Å². The van der Waals surface area contributed by atoms with E-state index >= 15 is 0 Å². The van der Waals surface area contributed by atoms with Crippen LogP contribution in [0.2, 0.25) is 0 Å². The smallest absolute Gasteiger partial charge is 0.415 e. The van der Waals surface area contributed by atoms with Crippen molar-refractivity contribution in [3.63, 3.8) is 0 Å². The zero-order valence-electron chi connectivity index (χ0n) is 18.6. The third kappa shape index (κ3) is 6.94. The molecule has 34 heavy (non-hydrogen) atoms. The summed E-state index contributed by atoms with van der Waals surface area (Å²) in [6.07, 6.45) is 4.68. The highest BCUT2D eigenvalue weighted by molar-refractivity contribution is 6.10. The second kappa shape index (κ2) is 11.7. The lowest BCUT2D eigenvalue weighted by molar-refractivity contribution is -0.121. The van der Waals surface area contributed by atoms with E-state index in [2.05, 4.69) is 0 Å². The number of aromatic hydroxyl groups is 2. The molecule has 1 amide bonds. The number of nitrogens with zero attached hydrogens (tertiary/aromatic N) is 1. The number of allylic oxidation sites excluding steroid dienone is 2. The van der Waals surface area contributed by atoms with Crippen molar-refractivity contribution >= 4 is 29.8 Å². The maximum atomic E-state index is 12.3. The fourth-order valence-electron chi connectivity index (χ4n) is 3.09. The lowest BCUT2D eigenvalue weighted by Crippen LogP contribution is -2.42. The quantitative estimate of drug-likeness (QED) is 0.345. The highest BCUT2D eigenvalue weighted by Crippen LogP contribution is 2.29. The summed E-state index contributed by atoms with van der Waals surface area (Å²) >= 11 is 0. The summed E-state index contributed by atoms with van der Waals surface area (Å²) in [4.78, 5) is 38.0. The molecule has 2 aromatic carbocycles. The van der Waals surface area contributed by atoms with E-state index in [0.29, 0.717) is 43.2 Å². The number of phenolic OH excluding ortho intramolecular Hbond substituents is 2. The van der Waals surface area contributed by atoms with Gasteiger partial charge in [0.1, 0.15) is 0 Å². The predicted molar refractivity (Wildman–Crippen MR) is 124 cm³/mol. The maximum absolute atomic E-state index is 12.3. The minimum absolute atomic E-state index is 0.253. The molecule has 0 radical (unpaired) electrons. The Morgan fingerprint density at radius 2 is 1.53 bits per heavy atom. The first-order valence-corrected chi connectivity index (χ1v) is 10.5. The van der Waals surface area contributed by atoms with E-state index in [-0.39, 0.29) is 23.7 Å². The normalized spacial score (nSPS) is 13.9. The van der Waals surface area contributed by atoms with Gasteiger partial charge in [0.25, 0.3) is 0 Å². The summed E-state index contributed by atoms with van der Waals surface area (Å²) in [6, 6.07) is 8.97. The number of amides is 1. The zero-order chi connectivity index (χ0) is 24.5. The number of hydrogen-bond acceptors (Lipinski definition) is 8. The van der Waals surface area contributed by atoms with E-state index in [1.165, 1.54) is 49.6 Å². The van der Waals surface area contributed by atoms with Gasteiger partial charge in [-0.05, 0) is 47.5 Å². The van der Waals surface area contributed by atoms with Crippen molar-refractivity contribution in [2.24, 2.45) is 0 Å². The minimum atomic E-state index is -0.492. The molecule has 0 aromatic heterocycles. The second-order valence-electron chi connectivity index (χ2n) is 7.40. The van der Waals surface area contributed by atoms with Crippen LogP contribution in [-0.2, 0) is 14.3 Å². The van der Waals surface area contributed by atoms with Gasteiger partial charge in [0.15, 0.2) is 34.6 Å². The van der Waals surface area contributed by atoms with Gasteiger partial charge < -0.3 is 29.3 Å². The van der Waals surface area contributed by atoms with Gasteiger partial charge in [0, 0.05) is 13.1 Å². The number of methoxy groups -OCH3 is 1. The molecular formula is C25H25NO8. The van der Waals surface area contributed by atoms with Gasteiger partial charge >= 0.3 is 6.09 Å². The summed E-state index contributed by atoms with van der Waals surface area (Å²) in [5.41, 5.74) is 1.13. The molecule has 2 N–H and O–H groups in total. The Hall–Kier alpha value is -4.11. The average Bonchev–Trinajstić information content (AvgIpc) is 2.84. The van der Waals surface area contributed by atoms with E-state index in [0.717, 1.165) is 0 Å². The largest absolute Gasteiger partial charge is 0.504 e. The van der Waals surface area contributed by atoms with Crippen molar-refractivity contribution in [3.05, 3.63) is 59.7 Å². The van der Waals surface area contributed by atoms with Gasteiger partial charge in [0.05, 0.1) is 26.7 Å². The van der Waals surface area contributed by atoms with Crippen LogP contribution in [0.1, 0.15) is 17.5 Å². The predicted octanol–water partition coefficient (Wildman–Crippen LogP) is 3.19. The first kappa shape index (κ1) is 24.5. The highest BCUT2D eigenvalue weighted by atomic mass is 16.6. The summed E-state index contributed by atoms with van der Waals surface area (Å²) in [6.45, 7) is 1.83. The Labute approximate surface area is 196 Å². The van der Waals surface area contributed by atoms with Gasteiger partial charge in [-0.3, -0.25) is 9.59 Å². The molecule has 0 saturated carbocycles. The number of hydrogen-bond donors (Lipinski definition) is 2. The maximum Gasteiger partial charge on any atom is 0.415 e. The van der Waals surface area contributed by atoms with Crippen LogP contribution >= 0.6 is 0 Å². The molecule has 2 aromatic rings. The molecule has 0 unspecified atom stereocenters. The Bertz CT molecular complexity index is 1120. The van der Waals surface area contributed by atoms with Crippen molar-refractivity contribution in [2.75, 3.05) is 33.4 Å². The second-order valence-corrected chi connectivity index (χ2v) is 7.40. The molecule has 0 atom stereocenters. The van der Waals surface area contributed by atoms with E-state index in [4.69, 9.17) is 14.2 Å². The standard InChI is InChI=1S/C25H25NO8/c1-32-24-15-18(5-9-23(24)34-25(31)26-10-12-33-13-11-26)3-7-20(28)16-19(27)6-2-17-4-8-21(29)22(30)14-17/h2-9,14-15,29-30H,10-13,16H2,1H3. The topological polar surface area (TPSA) is 123 Å². The van der Waals surface area contributed by atoms with Gasteiger partial charge in [-0.2, -0.15) is 0 Å². The zero-order valence-corrected chi connectivity index (χ0v) is 18.6. The highest BCUT2D eigenvalue weighted by Gasteiger charge is 2.20. The summed E-state index contributed by atoms with van der Waals surface area (Å²) in [5.74, 6) is -0.791. The molecule has 0 spiro atoms. The molecule has 0 bridgehead atoms. The SMILES string of the molecule is COc1cc(C=CC(=O)CC(=O)C=Cc2ccc(O)c(O)c2)ccc1OC(=O)N1CCOCC1. The van der Waals surface area contributed by atoms with Crippen molar-refractivity contribution < 1.29 is 38.8 Å². The van der Waals surface area contributed by atoms with E-state index in [9.17, 15) is 24.6 Å². The molecule has 9 heteroatoms. The number of ketones is 2. The van der Waals surface area contributed by atoms with Crippen LogP contribution in [0.3, 0.4) is 0 Å². The fourth-order valence-corrected chi connectivity index (χ4v) is 3.09. The first-order valence-electron chi connectivity index (χ1n) is 10.5. The average molecular weight is 467 g/mol. The molecule has 1 aliphatic heterocycles. The molecule has 0 aliphatic carbocycles. The minimum Gasteiger partial charge on any atom is -0.504 e. The number of carbonyl (C=O) groups is 3. The summed E-state index contributed by atoms with van der Waals surface area (Å²) < 4.78 is 15.9. The van der Waals surface area contributed by atoms with Crippen LogP contribution in [0.15, 0.2) is 48.6 Å². The molecule has 178 valence electrons. The van der Waals surface area contributed by atoms with Crippen molar-refractivity contribution in [1.82, 2.24) is 4.90 Å². The van der Waals surface area contributed by atoms with Crippen LogP contribution in [-0.4, -0.2) is 66.2 Å². The monoisotopic (exact) mass is 467 g/mol. The Kier molecular flexibility index (Phi) is 8.42. The number of carbonyl (C=O) groups excluding carboxylic acids is 3. The molecule has 1 saturated heterocycles. The lowest BCUT2D eigenvalue weighted by Gasteiger charge is -2.26. The summed E-state index contributed by atoms with van der Waals surface area (Å²) in [7, 11) is 1.44. The van der Waals surface area contributed by atoms with Crippen LogP contribution in [0.4, 0.5) is 4.79 Å². The molecule has 1 fully saturated rings. The number of benzene rings is 2. The van der Waals surface area contributed by atoms with Gasteiger partial charge in [-0.15, -0.1) is 0 Å². The number of phenols is 2. The van der Waals surface area contributed by atoms with Crippen molar-refractivity contribution in [3.8, 4) is 23.0 Å². The van der Waals surface area contributed by atoms with E-state index < -0.39 is 17.7 Å². The van der Waals surface area contributed by atoms with Crippen LogP contribution < -0.4 is 9.47 Å². The molecule has 3 rings (SSSR count). The van der Waals surface area contributed by atoms with Gasteiger partial charge in [-0.1, -0.05) is 24.3 Å². The third-order valence-corrected chi connectivity index (χ3v) is 4.93. The number of rotatable bonds is 8. The lowest BCUT2D eigenvalue weighted by atomic mass is 10.1. The molecule has 1 heterocycles. The fraction of sp³-hybridized carbons (Fsp3) is 0.240. The molecular weight excluding hydrogens is 442 g/mol.